The first-order valence-corrected chi connectivity index (χ1v) is 8.08. The van der Waals surface area contributed by atoms with Gasteiger partial charge in [-0.1, -0.05) is 12.1 Å². The highest BCUT2D eigenvalue weighted by atomic mass is 32.2. The van der Waals surface area contributed by atoms with Crippen LogP contribution in [0.5, 0.6) is 0 Å². The molecule has 0 bridgehead atoms. The van der Waals surface area contributed by atoms with Gasteiger partial charge < -0.3 is 0 Å². The maximum absolute atomic E-state index is 11.3. The second-order valence-corrected chi connectivity index (χ2v) is 6.23. The van der Waals surface area contributed by atoms with E-state index in [0.717, 1.165) is 24.4 Å². The Morgan fingerprint density at radius 2 is 1.68 bits per heavy atom. The molecule has 0 saturated heterocycles. The molecule has 0 aliphatic heterocycles. The fourth-order valence-electron chi connectivity index (χ4n) is 1.87. The maximum atomic E-state index is 11.3. The molecule has 130 valence electrons. The van der Waals surface area contributed by atoms with Crippen LogP contribution >= 0.6 is 0 Å². The van der Waals surface area contributed by atoms with Crippen LogP contribution in [0.1, 0.15) is 5.56 Å². The molecule has 0 fully saturated rings. The van der Waals surface area contributed by atoms with E-state index in [0.29, 0.717) is 0 Å². The summed E-state index contributed by atoms with van der Waals surface area (Å²) in [6.07, 6.45) is 1.12. The molecule has 0 radical (unpaired) electrons. The van der Waals surface area contributed by atoms with Crippen molar-refractivity contribution in [3.8, 4) is 0 Å². The number of benzene rings is 2. The molecule has 0 unspecified atom stereocenters. The van der Waals surface area contributed by atoms with Crippen molar-refractivity contribution in [2.75, 3.05) is 5.43 Å². The molecule has 0 saturated carbocycles. The highest BCUT2D eigenvalue weighted by Gasteiger charge is 2.19. The van der Waals surface area contributed by atoms with Crippen molar-refractivity contribution in [2.24, 2.45) is 10.2 Å². The van der Waals surface area contributed by atoms with Crippen LogP contribution in [0.25, 0.3) is 0 Å². The number of primary sulfonamides is 1. The second-order valence-electron chi connectivity index (χ2n) is 4.67. The molecule has 0 aliphatic carbocycles. The van der Waals surface area contributed by atoms with Crippen LogP contribution in [0.3, 0.4) is 0 Å². The van der Waals surface area contributed by atoms with Crippen LogP contribution in [-0.2, 0) is 10.0 Å². The third kappa shape index (κ3) is 4.33. The van der Waals surface area contributed by atoms with Crippen molar-refractivity contribution in [2.45, 2.75) is 4.90 Å². The number of anilines is 1. The second kappa shape index (κ2) is 7.02. The maximum Gasteiger partial charge on any atom is 0.295 e. The molecule has 11 nitrogen and oxygen atoms in total. The zero-order valence-electron chi connectivity index (χ0n) is 12.4. The minimum Gasteiger partial charge on any atom is -0.272 e. The Labute approximate surface area is 141 Å². The fraction of sp³-hybridized carbons (Fsp3) is 0. The lowest BCUT2D eigenvalue weighted by Gasteiger charge is -2.04. The van der Waals surface area contributed by atoms with E-state index >= 15 is 0 Å². The summed E-state index contributed by atoms with van der Waals surface area (Å²) in [5, 5.41) is 30.6. The Kier molecular flexibility index (Phi) is 5.05. The number of rotatable bonds is 6. The van der Waals surface area contributed by atoms with Crippen LogP contribution in [0, 0.1) is 20.2 Å². The number of hydrogen-bond acceptors (Lipinski definition) is 8. The molecule has 0 heterocycles. The number of nitro groups is 2. The Morgan fingerprint density at radius 1 is 1.04 bits per heavy atom. The van der Waals surface area contributed by atoms with Gasteiger partial charge in [0.2, 0.25) is 10.0 Å². The minimum absolute atomic E-state index is 0.104. The van der Waals surface area contributed by atoms with Crippen molar-refractivity contribution < 1.29 is 18.3 Å². The summed E-state index contributed by atoms with van der Waals surface area (Å²) in [4.78, 5) is 20.1. The van der Waals surface area contributed by atoms with Crippen molar-refractivity contribution in [3.05, 3.63) is 68.3 Å². The van der Waals surface area contributed by atoms with Gasteiger partial charge in [0.25, 0.3) is 11.4 Å². The van der Waals surface area contributed by atoms with E-state index in [2.05, 4.69) is 10.5 Å². The Hall–Kier alpha value is -3.38. The van der Waals surface area contributed by atoms with Gasteiger partial charge in [-0.25, -0.2) is 13.6 Å². The van der Waals surface area contributed by atoms with Gasteiger partial charge in [0.05, 0.1) is 26.5 Å². The van der Waals surface area contributed by atoms with Crippen molar-refractivity contribution in [1.82, 2.24) is 0 Å². The summed E-state index contributed by atoms with van der Waals surface area (Å²) < 4.78 is 22.5. The van der Waals surface area contributed by atoms with E-state index in [1.807, 2.05) is 0 Å². The molecular weight excluding hydrogens is 354 g/mol. The third-order valence-corrected chi connectivity index (χ3v) is 3.93. The van der Waals surface area contributed by atoms with Crippen molar-refractivity contribution in [3.63, 3.8) is 0 Å². The average Bonchev–Trinajstić information content (AvgIpc) is 2.54. The number of hydrogen-bond donors (Lipinski definition) is 2. The molecule has 2 aromatic carbocycles. The lowest BCUT2D eigenvalue weighted by Crippen LogP contribution is -2.12. The smallest absolute Gasteiger partial charge is 0.272 e. The first-order valence-electron chi connectivity index (χ1n) is 6.54. The van der Waals surface area contributed by atoms with Gasteiger partial charge in [0, 0.05) is 12.1 Å². The standard InChI is InChI=1S/C13H11N5O6S/c14-25(23,24)10-5-6-11(13(7-10)18(21)22)16-15-8-9-3-1-2-4-12(9)17(19)20/h1-8,16H,(H2,14,23,24). The Balaban J connectivity index is 2.32. The van der Waals surface area contributed by atoms with E-state index in [9.17, 15) is 28.6 Å². The summed E-state index contributed by atoms with van der Waals surface area (Å²) >= 11 is 0. The van der Waals surface area contributed by atoms with Crippen LogP contribution in [0.15, 0.2) is 52.5 Å². The summed E-state index contributed by atoms with van der Waals surface area (Å²) in [5.41, 5.74) is 1.69. The van der Waals surface area contributed by atoms with Crippen molar-refractivity contribution >= 4 is 33.3 Å². The van der Waals surface area contributed by atoms with Gasteiger partial charge in [-0.2, -0.15) is 5.10 Å². The van der Waals surface area contributed by atoms with Gasteiger partial charge >= 0.3 is 0 Å². The van der Waals surface area contributed by atoms with Gasteiger partial charge in [-0.15, -0.1) is 0 Å². The predicted octanol–water partition coefficient (Wildman–Crippen LogP) is 1.60. The molecule has 0 aliphatic rings. The van der Waals surface area contributed by atoms with Crippen LogP contribution in [-0.4, -0.2) is 24.5 Å². The molecule has 0 amide bonds. The van der Waals surface area contributed by atoms with E-state index in [-0.39, 0.29) is 16.9 Å². The SMILES string of the molecule is NS(=O)(=O)c1ccc(NN=Cc2ccccc2[N+](=O)[O-])c([N+](=O)[O-])c1. The normalized spacial score (nSPS) is 11.4. The highest BCUT2D eigenvalue weighted by Crippen LogP contribution is 2.27. The van der Waals surface area contributed by atoms with Gasteiger partial charge in [-0.3, -0.25) is 25.7 Å². The number of nitro benzene ring substituents is 2. The summed E-state index contributed by atoms with van der Waals surface area (Å²) in [7, 11) is -4.10. The molecule has 3 N–H and O–H groups in total. The predicted molar refractivity (Wildman–Crippen MR) is 88.8 cm³/mol. The molecule has 12 heteroatoms. The summed E-state index contributed by atoms with van der Waals surface area (Å²) in [6, 6.07) is 8.77. The first-order chi connectivity index (χ1) is 11.7. The van der Waals surface area contributed by atoms with Crippen LogP contribution < -0.4 is 10.6 Å². The van der Waals surface area contributed by atoms with Crippen molar-refractivity contribution in [1.29, 1.82) is 0 Å². The lowest BCUT2D eigenvalue weighted by atomic mass is 10.2. The van der Waals surface area contributed by atoms with E-state index in [1.54, 1.807) is 6.07 Å². The van der Waals surface area contributed by atoms with Crippen LogP contribution in [0.2, 0.25) is 0 Å². The number of sulfonamides is 1. The van der Waals surface area contributed by atoms with E-state index in [1.165, 1.54) is 18.2 Å². The van der Waals surface area contributed by atoms with E-state index < -0.39 is 30.5 Å². The van der Waals surface area contributed by atoms with Gasteiger partial charge in [0.15, 0.2) is 0 Å². The molecular formula is C13H11N5O6S. The quantitative estimate of drug-likeness (QED) is 0.444. The zero-order chi connectivity index (χ0) is 18.6. The zero-order valence-corrected chi connectivity index (χ0v) is 13.2. The highest BCUT2D eigenvalue weighted by molar-refractivity contribution is 7.89. The third-order valence-electron chi connectivity index (χ3n) is 3.02. The number of nitrogens with two attached hydrogens (primary N) is 1. The summed E-state index contributed by atoms with van der Waals surface area (Å²) in [6.45, 7) is 0. The molecule has 0 aromatic heterocycles. The molecule has 0 spiro atoms. The monoisotopic (exact) mass is 365 g/mol. The van der Waals surface area contributed by atoms with Gasteiger partial charge in [-0.05, 0) is 18.2 Å². The minimum atomic E-state index is -4.10. The lowest BCUT2D eigenvalue weighted by molar-refractivity contribution is -0.385. The molecule has 0 atom stereocenters. The number of para-hydroxylation sites is 1. The summed E-state index contributed by atoms with van der Waals surface area (Å²) in [5.74, 6) is 0. The first kappa shape index (κ1) is 18.0. The Bertz CT molecular complexity index is 973. The largest absolute Gasteiger partial charge is 0.295 e. The molecule has 25 heavy (non-hydrogen) atoms. The van der Waals surface area contributed by atoms with Gasteiger partial charge in [0.1, 0.15) is 5.69 Å². The number of nitrogens with zero attached hydrogens (tertiary/aromatic N) is 3. The average molecular weight is 365 g/mol. The van der Waals surface area contributed by atoms with E-state index in [4.69, 9.17) is 5.14 Å². The molecule has 2 rings (SSSR count). The molecule has 2 aromatic rings. The topological polar surface area (TPSA) is 171 Å². The van der Waals surface area contributed by atoms with Crippen LogP contribution in [0.4, 0.5) is 17.1 Å². The number of hydrazone groups is 1. The number of nitrogens with one attached hydrogen (secondary N) is 1. The fourth-order valence-corrected chi connectivity index (χ4v) is 2.40. The Morgan fingerprint density at radius 3 is 2.28 bits per heavy atom.